The number of rotatable bonds is 1. The Morgan fingerprint density at radius 3 is 2.47 bits per heavy atom. The molecule has 2 aromatic carbocycles. The molecular formula is C13H9BrCl. The van der Waals surface area contributed by atoms with Crippen molar-refractivity contribution >= 4 is 27.5 Å². The lowest BCUT2D eigenvalue weighted by Gasteiger charge is -2.07. The van der Waals surface area contributed by atoms with E-state index in [0.29, 0.717) is 0 Å². The molecule has 0 aromatic heterocycles. The van der Waals surface area contributed by atoms with Crippen molar-refractivity contribution in [3.05, 3.63) is 57.5 Å². The molecule has 0 unspecified atom stereocenters. The summed E-state index contributed by atoms with van der Waals surface area (Å²) in [6, 6.07) is 14.9. The van der Waals surface area contributed by atoms with Gasteiger partial charge in [-0.25, -0.2) is 0 Å². The summed E-state index contributed by atoms with van der Waals surface area (Å²) in [6.07, 6.45) is 0. The quantitative estimate of drug-likeness (QED) is 0.698. The van der Waals surface area contributed by atoms with Crippen LogP contribution < -0.4 is 0 Å². The lowest BCUT2D eigenvalue weighted by atomic mass is 10.0. The largest absolute Gasteiger partial charge is 0.0843 e. The van der Waals surface area contributed by atoms with Crippen LogP contribution in [0.15, 0.2) is 40.9 Å². The highest BCUT2D eigenvalue weighted by molar-refractivity contribution is 9.10. The first-order valence-electron chi connectivity index (χ1n) is 4.61. The highest BCUT2D eigenvalue weighted by Crippen LogP contribution is 2.28. The van der Waals surface area contributed by atoms with Gasteiger partial charge in [-0.3, -0.25) is 0 Å². The summed E-state index contributed by atoms with van der Waals surface area (Å²) in [7, 11) is 0. The normalized spacial score (nSPS) is 10.3. The molecule has 0 aliphatic carbocycles. The minimum atomic E-state index is 0.762. The molecule has 0 amide bonds. The molecule has 0 aliphatic heterocycles. The molecule has 0 N–H and O–H groups in total. The van der Waals surface area contributed by atoms with E-state index in [1.54, 1.807) is 0 Å². The Labute approximate surface area is 103 Å². The van der Waals surface area contributed by atoms with E-state index >= 15 is 0 Å². The molecule has 2 rings (SSSR count). The van der Waals surface area contributed by atoms with E-state index in [4.69, 9.17) is 11.6 Å². The van der Waals surface area contributed by atoms with E-state index in [2.05, 4.69) is 35.0 Å². The van der Waals surface area contributed by atoms with Gasteiger partial charge in [-0.15, -0.1) is 0 Å². The zero-order chi connectivity index (χ0) is 10.8. The average Bonchev–Trinajstić information content (AvgIpc) is 2.24. The fourth-order valence-electron chi connectivity index (χ4n) is 1.49. The molecule has 0 fully saturated rings. The Balaban J connectivity index is 2.54. The van der Waals surface area contributed by atoms with Crippen LogP contribution in [0.3, 0.4) is 0 Å². The van der Waals surface area contributed by atoms with Crippen molar-refractivity contribution in [2.24, 2.45) is 0 Å². The van der Waals surface area contributed by atoms with Crippen molar-refractivity contribution in [3.63, 3.8) is 0 Å². The number of hydrogen-bond donors (Lipinski definition) is 0. The summed E-state index contributed by atoms with van der Waals surface area (Å²) in [5.41, 5.74) is 3.57. The van der Waals surface area contributed by atoms with Crippen molar-refractivity contribution in [3.8, 4) is 11.1 Å². The summed E-state index contributed by atoms with van der Waals surface area (Å²) in [5.74, 6) is 0. The maximum Gasteiger partial charge on any atom is 0.0406 e. The zero-order valence-corrected chi connectivity index (χ0v) is 10.6. The predicted molar refractivity (Wildman–Crippen MR) is 68.2 cm³/mol. The molecule has 15 heavy (non-hydrogen) atoms. The van der Waals surface area contributed by atoms with Crippen LogP contribution in [0.25, 0.3) is 11.1 Å². The first-order valence-corrected chi connectivity index (χ1v) is 5.78. The van der Waals surface area contributed by atoms with Gasteiger partial charge in [0.25, 0.3) is 0 Å². The van der Waals surface area contributed by atoms with Crippen molar-refractivity contribution in [2.75, 3.05) is 0 Å². The summed E-state index contributed by atoms with van der Waals surface area (Å²) >= 11 is 9.33. The maximum absolute atomic E-state index is 5.85. The van der Waals surface area contributed by atoms with E-state index in [9.17, 15) is 0 Å². The van der Waals surface area contributed by atoms with Gasteiger partial charge in [-0.05, 0) is 57.7 Å². The fourth-order valence-corrected chi connectivity index (χ4v) is 1.96. The molecule has 2 heteroatoms. The van der Waals surface area contributed by atoms with E-state index in [1.807, 2.05) is 30.3 Å². The highest BCUT2D eigenvalue weighted by Gasteiger charge is 2.03. The van der Waals surface area contributed by atoms with E-state index in [0.717, 1.165) is 9.50 Å². The van der Waals surface area contributed by atoms with Crippen LogP contribution in [0.2, 0.25) is 5.02 Å². The first kappa shape index (κ1) is 10.7. The zero-order valence-electron chi connectivity index (χ0n) is 8.22. The SMILES string of the molecule is Cc1c(Br)[c]ccc1-c1ccc(Cl)cc1. The van der Waals surface area contributed by atoms with Crippen molar-refractivity contribution in [2.45, 2.75) is 6.92 Å². The minimum Gasteiger partial charge on any atom is -0.0843 e. The Kier molecular flexibility index (Phi) is 3.13. The second-order valence-electron chi connectivity index (χ2n) is 3.34. The highest BCUT2D eigenvalue weighted by atomic mass is 79.9. The Morgan fingerprint density at radius 2 is 1.80 bits per heavy atom. The summed E-state index contributed by atoms with van der Waals surface area (Å²) in [4.78, 5) is 0. The topological polar surface area (TPSA) is 0 Å². The van der Waals surface area contributed by atoms with Gasteiger partial charge in [0.1, 0.15) is 0 Å². The van der Waals surface area contributed by atoms with Crippen LogP contribution in [0.5, 0.6) is 0 Å². The molecule has 2 aromatic rings. The van der Waals surface area contributed by atoms with E-state index < -0.39 is 0 Å². The monoisotopic (exact) mass is 279 g/mol. The van der Waals surface area contributed by atoms with E-state index in [1.165, 1.54) is 16.7 Å². The average molecular weight is 281 g/mol. The van der Waals surface area contributed by atoms with Gasteiger partial charge in [-0.1, -0.05) is 35.9 Å². The number of hydrogen-bond acceptors (Lipinski definition) is 0. The van der Waals surface area contributed by atoms with Crippen LogP contribution in [-0.2, 0) is 0 Å². The van der Waals surface area contributed by atoms with Crippen LogP contribution in [-0.4, -0.2) is 0 Å². The minimum absolute atomic E-state index is 0.762. The number of halogens is 2. The van der Waals surface area contributed by atoms with Crippen LogP contribution in [0, 0.1) is 13.0 Å². The second kappa shape index (κ2) is 4.38. The third-order valence-electron chi connectivity index (χ3n) is 2.35. The molecule has 1 radical (unpaired) electrons. The van der Waals surface area contributed by atoms with Gasteiger partial charge >= 0.3 is 0 Å². The fraction of sp³-hybridized carbons (Fsp3) is 0.0769. The Morgan fingerprint density at radius 1 is 1.13 bits per heavy atom. The van der Waals surface area contributed by atoms with Gasteiger partial charge in [0.15, 0.2) is 0 Å². The Hall–Kier alpha value is -0.790. The molecule has 0 saturated heterocycles. The lowest BCUT2D eigenvalue weighted by Crippen LogP contribution is -1.84. The molecule has 0 bridgehead atoms. The molecule has 0 aliphatic rings. The third-order valence-corrected chi connectivity index (χ3v) is 3.42. The smallest absolute Gasteiger partial charge is 0.0406 e. The number of benzene rings is 2. The molecule has 0 saturated carbocycles. The van der Waals surface area contributed by atoms with Crippen LogP contribution in [0.4, 0.5) is 0 Å². The summed E-state index contributed by atoms with van der Waals surface area (Å²) in [5, 5.41) is 0.762. The van der Waals surface area contributed by atoms with E-state index in [-0.39, 0.29) is 0 Å². The maximum atomic E-state index is 5.85. The standard InChI is InChI=1S/C13H9BrCl/c1-9-12(3-2-4-13(9)14)10-5-7-11(15)8-6-10/h2-3,5-8H,1H3. The van der Waals surface area contributed by atoms with Gasteiger partial charge < -0.3 is 0 Å². The van der Waals surface area contributed by atoms with Crippen molar-refractivity contribution in [1.29, 1.82) is 0 Å². The van der Waals surface area contributed by atoms with Crippen molar-refractivity contribution < 1.29 is 0 Å². The molecule has 75 valence electrons. The van der Waals surface area contributed by atoms with Crippen LogP contribution >= 0.6 is 27.5 Å². The lowest BCUT2D eigenvalue weighted by molar-refractivity contribution is 1.42. The molecular weight excluding hydrogens is 272 g/mol. The first-order chi connectivity index (χ1) is 7.18. The van der Waals surface area contributed by atoms with Crippen LogP contribution in [0.1, 0.15) is 5.56 Å². The third kappa shape index (κ3) is 2.24. The Bertz CT molecular complexity index is 474. The molecule has 0 heterocycles. The molecule has 0 atom stereocenters. The van der Waals surface area contributed by atoms with Gasteiger partial charge in [0.05, 0.1) is 0 Å². The predicted octanol–water partition coefficient (Wildman–Crippen LogP) is 4.88. The summed E-state index contributed by atoms with van der Waals surface area (Å²) in [6.45, 7) is 2.07. The van der Waals surface area contributed by atoms with Gasteiger partial charge in [-0.2, -0.15) is 0 Å². The summed E-state index contributed by atoms with van der Waals surface area (Å²) < 4.78 is 1.01. The van der Waals surface area contributed by atoms with Gasteiger partial charge in [0.2, 0.25) is 0 Å². The molecule has 0 nitrogen and oxygen atoms in total. The van der Waals surface area contributed by atoms with Crippen molar-refractivity contribution in [1.82, 2.24) is 0 Å². The van der Waals surface area contributed by atoms with Gasteiger partial charge in [0, 0.05) is 9.50 Å². The molecule has 0 spiro atoms. The second-order valence-corrected chi connectivity index (χ2v) is 4.57.